The summed E-state index contributed by atoms with van der Waals surface area (Å²) in [6.07, 6.45) is 8.53. The number of aromatic nitrogens is 5. The summed E-state index contributed by atoms with van der Waals surface area (Å²) in [7, 11) is 0. The zero-order valence-electron chi connectivity index (χ0n) is 12.6. The van der Waals surface area contributed by atoms with E-state index in [0.29, 0.717) is 30.1 Å². The molecule has 1 fully saturated rings. The molecule has 1 saturated carbocycles. The van der Waals surface area contributed by atoms with Gasteiger partial charge in [0.2, 0.25) is 0 Å². The summed E-state index contributed by atoms with van der Waals surface area (Å²) in [5.41, 5.74) is 1.93. The van der Waals surface area contributed by atoms with Crippen LogP contribution in [0, 0.1) is 28.6 Å². The first-order chi connectivity index (χ1) is 11.6. The highest BCUT2D eigenvalue weighted by Gasteiger charge is 2.46. The molecule has 0 amide bonds. The standard InChI is InChI=1S/C16H12ClN7/c17-14-10-23-13(1-4-20-23)15(22-14)12-8-21-24(9-12)16(2-3-18)5-11(6-16)7-19/h1,4,8-11H,2,5-6H2/t11-,16-. The van der Waals surface area contributed by atoms with Crippen LogP contribution in [0.4, 0.5) is 0 Å². The molecule has 0 spiro atoms. The van der Waals surface area contributed by atoms with E-state index in [0.717, 1.165) is 11.1 Å². The van der Waals surface area contributed by atoms with E-state index in [-0.39, 0.29) is 5.92 Å². The number of rotatable bonds is 3. The molecule has 3 heterocycles. The van der Waals surface area contributed by atoms with Crippen molar-refractivity contribution in [3.63, 3.8) is 0 Å². The molecule has 3 aromatic rings. The highest BCUT2D eigenvalue weighted by molar-refractivity contribution is 6.29. The van der Waals surface area contributed by atoms with Gasteiger partial charge in [-0.15, -0.1) is 0 Å². The van der Waals surface area contributed by atoms with Crippen molar-refractivity contribution in [2.45, 2.75) is 24.8 Å². The van der Waals surface area contributed by atoms with Crippen LogP contribution in [0.5, 0.6) is 0 Å². The van der Waals surface area contributed by atoms with Gasteiger partial charge in [-0.25, -0.2) is 9.50 Å². The van der Waals surface area contributed by atoms with Crippen molar-refractivity contribution in [3.8, 4) is 23.4 Å². The molecule has 0 radical (unpaired) electrons. The predicted molar refractivity (Wildman–Crippen MR) is 85.8 cm³/mol. The molecule has 0 atom stereocenters. The average Bonchev–Trinajstić information content (AvgIpc) is 3.18. The van der Waals surface area contributed by atoms with Gasteiger partial charge in [0.1, 0.15) is 10.8 Å². The summed E-state index contributed by atoms with van der Waals surface area (Å²) in [6.45, 7) is 0. The monoisotopic (exact) mass is 337 g/mol. The van der Waals surface area contributed by atoms with E-state index in [1.165, 1.54) is 0 Å². The molecule has 1 aliphatic carbocycles. The van der Waals surface area contributed by atoms with Crippen molar-refractivity contribution in [3.05, 3.63) is 36.0 Å². The maximum atomic E-state index is 9.15. The lowest BCUT2D eigenvalue weighted by Gasteiger charge is -2.43. The van der Waals surface area contributed by atoms with Crippen LogP contribution >= 0.6 is 11.6 Å². The number of hydrogen-bond donors (Lipinski definition) is 0. The Morgan fingerprint density at radius 3 is 2.88 bits per heavy atom. The molecule has 0 saturated heterocycles. The van der Waals surface area contributed by atoms with Crippen LogP contribution in [0.2, 0.25) is 5.15 Å². The fraction of sp³-hybridized carbons (Fsp3) is 0.312. The van der Waals surface area contributed by atoms with Crippen LogP contribution in [-0.2, 0) is 5.54 Å². The van der Waals surface area contributed by atoms with Crippen LogP contribution in [0.1, 0.15) is 19.3 Å². The maximum Gasteiger partial charge on any atom is 0.148 e. The van der Waals surface area contributed by atoms with Crippen LogP contribution < -0.4 is 0 Å². The Hall–Kier alpha value is -2.90. The molecule has 0 N–H and O–H groups in total. The molecular weight excluding hydrogens is 326 g/mol. The number of fused-ring (bicyclic) bond motifs is 1. The minimum atomic E-state index is -0.400. The lowest BCUT2D eigenvalue weighted by molar-refractivity contribution is 0.0882. The van der Waals surface area contributed by atoms with Gasteiger partial charge >= 0.3 is 0 Å². The average molecular weight is 338 g/mol. The summed E-state index contributed by atoms with van der Waals surface area (Å²) in [4.78, 5) is 4.39. The molecule has 0 aromatic carbocycles. The SMILES string of the molecule is N#CC[C@]1(n2cc(-c3nc(Cl)cn4nccc34)cn2)C[C@H](C#N)C1. The second-order valence-corrected chi connectivity index (χ2v) is 6.43. The van der Waals surface area contributed by atoms with Crippen molar-refractivity contribution in [2.75, 3.05) is 0 Å². The Labute approximate surface area is 142 Å². The summed E-state index contributed by atoms with van der Waals surface area (Å²) in [6, 6.07) is 6.33. The lowest BCUT2D eigenvalue weighted by atomic mass is 9.67. The second-order valence-electron chi connectivity index (χ2n) is 6.04. The molecular formula is C16H12ClN7. The van der Waals surface area contributed by atoms with E-state index in [9.17, 15) is 0 Å². The second kappa shape index (κ2) is 5.33. The van der Waals surface area contributed by atoms with Gasteiger partial charge in [-0.2, -0.15) is 20.7 Å². The first-order valence-corrected chi connectivity index (χ1v) is 7.85. The molecule has 8 heteroatoms. The molecule has 0 unspecified atom stereocenters. The summed E-state index contributed by atoms with van der Waals surface area (Å²) in [5.74, 6) is -0.0168. The van der Waals surface area contributed by atoms with Crippen molar-refractivity contribution < 1.29 is 0 Å². The first kappa shape index (κ1) is 14.7. The van der Waals surface area contributed by atoms with Gasteiger partial charge in [-0.05, 0) is 18.9 Å². The van der Waals surface area contributed by atoms with Gasteiger partial charge in [0.05, 0.1) is 54.1 Å². The fourth-order valence-electron chi connectivity index (χ4n) is 3.32. The fourth-order valence-corrected chi connectivity index (χ4v) is 3.50. The molecule has 0 bridgehead atoms. The molecule has 118 valence electrons. The molecule has 0 aliphatic heterocycles. The number of nitrogens with zero attached hydrogens (tertiary/aromatic N) is 7. The van der Waals surface area contributed by atoms with Crippen LogP contribution in [0.25, 0.3) is 16.8 Å². The van der Waals surface area contributed by atoms with E-state index in [4.69, 9.17) is 22.1 Å². The third-order valence-corrected chi connectivity index (χ3v) is 4.73. The Kier molecular flexibility index (Phi) is 3.26. The van der Waals surface area contributed by atoms with Gasteiger partial charge in [-0.3, -0.25) is 4.68 Å². The third-order valence-electron chi connectivity index (χ3n) is 4.55. The first-order valence-electron chi connectivity index (χ1n) is 7.47. The highest BCUT2D eigenvalue weighted by atomic mass is 35.5. The molecule has 4 rings (SSSR count). The Balaban J connectivity index is 1.76. The Bertz CT molecular complexity index is 998. The molecule has 24 heavy (non-hydrogen) atoms. The van der Waals surface area contributed by atoms with Gasteiger partial charge in [0.25, 0.3) is 0 Å². The van der Waals surface area contributed by atoms with E-state index >= 15 is 0 Å². The van der Waals surface area contributed by atoms with Crippen LogP contribution in [0.3, 0.4) is 0 Å². The summed E-state index contributed by atoms with van der Waals surface area (Å²) < 4.78 is 3.47. The van der Waals surface area contributed by atoms with Gasteiger partial charge in [0.15, 0.2) is 0 Å². The zero-order valence-corrected chi connectivity index (χ0v) is 13.3. The van der Waals surface area contributed by atoms with Crippen molar-refractivity contribution in [1.82, 2.24) is 24.4 Å². The number of halogens is 1. The smallest absolute Gasteiger partial charge is 0.148 e. The summed E-state index contributed by atoms with van der Waals surface area (Å²) >= 11 is 6.08. The molecule has 7 nitrogen and oxygen atoms in total. The van der Waals surface area contributed by atoms with Crippen molar-refractivity contribution in [1.29, 1.82) is 10.5 Å². The topological polar surface area (TPSA) is 95.6 Å². The molecule has 1 aliphatic rings. The normalized spacial score (nSPS) is 22.7. The Morgan fingerprint density at radius 1 is 1.29 bits per heavy atom. The van der Waals surface area contributed by atoms with E-state index < -0.39 is 5.54 Å². The van der Waals surface area contributed by atoms with Crippen molar-refractivity contribution >= 4 is 17.1 Å². The third kappa shape index (κ3) is 2.14. The highest BCUT2D eigenvalue weighted by Crippen LogP contribution is 2.46. The van der Waals surface area contributed by atoms with E-state index in [1.807, 2.05) is 12.3 Å². The molecule has 3 aromatic heterocycles. The van der Waals surface area contributed by atoms with Gasteiger partial charge in [-0.1, -0.05) is 11.6 Å². The van der Waals surface area contributed by atoms with Gasteiger partial charge < -0.3 is 0 Å². The predicted octanol–water partition coefficient (Wildman–Crippen LogP) is 2.79. The van der Waals surface area contributed by atoms with Gasteiger partial charge in [0, 0.05) is 11.8 Å². The van der Waals surface area contributed by atoms with E-state index in [1.54, 1.807) is 27.8 Å². The number of nitriles is 2. The van der Waals surface area contributed by atoms with Crippen LogP contribution in [-0.4, -0.2) is 24.4 Å². The maximum absolute atomic E-state index is 9.15. The Morgan fingerprint density at radius 2 is 2.12 bits per heavy atom. The van der Waals surface area contributed by atoms with E-state index in [2.05, 4.69) is 27.3 Å². The minimum absolute atomic E-state index is 0.0168. The zero-order chi connectivity index (χ0) is 16.7. The minimum Gasteiger partial charge on any atom is -0.265 e. The largest absolute Gasteiger partial charge is 0.265 e. The van der Waals surface area contributed by atoms with Crippen molar-refractivity contribution in [2.24, 2.45) is 5.92 Å². The lowest BCUT2D eigenvalue weighted by Crippen LogP contribution is -2.46. The summed E-state index contributed by atoms with van der Waals surface area (Å²) in [5, 5.41) is 27.2. The number of hydrogen-bond acceptors (Lipinski definition) is 5. The van der Waals surface area contributed by atoms with Crippen LogP contribution in [0.15, 0.2) is 30.9 Å². The quantitative estimate of drug-likeness (QED) is 0.732.